The largest absolute Gasteiger partial charge is 0.340 e. The van der Waals surface area contributed by atoms with E-state index >= 15 is 0 Å². The van der Waals surface area contributed by atoms with Crippen molar-refractivity contribution in [3.63, 3.8) is 0 Å². The van der Waals surface area contributed by atoms with E-state index in [1.807, 2.05) is 24.3 Å². The molecule has 2 N–H and O–H groups in total. The smallest absolute Gasteiger partial charge is 0.241 e. The molecule has 3 fully saturated rings. The Balaban J connectivity index is 1.61. The molecule has 4 rings (SSSR count). The fraction of sp³-hybridized carbons (Fsp3) is 0.500. The van der Waals surface area contributed by atoms with Gasteiger partial charge in [0.1, 0.15) is 5.25 Å². The average Bonchev–Trinajstić information content (AvgIpc) is 2.46. The molecule has 0 spiro atoms. The molecule has 1 aromatic carbocycles. The molecule has 20 heavy (non-hydrogen) atoms. The molecule has 3 saturated heterocycles. The van der Waals surface area contributed by atoms with Crippen LogP contribution >= 0.6 is 0 Å². The van der Waals surface area contributed by atoms with E-state index < -0.39 is 15.1 Å². The zero-order valence-electron chi connectivity index (χ0n) is 11.2. The highest BCUT2D eigenvalue weighted by molar-refractivity contribution is 7.95. The maximum atomic E-state index is 12.0. The summed E-state index contributed by atoms with van der Waals surface area (Å²) in [6.45, 7) is 1.47. The highest BCUT2D eigenvalue weighted by Crippen LogP contribution is 2.36. The zero-order valence-corrected chi connectivity index (χ0v) is 12.0. The Morgan fingerprint density at radius 1 is 1.20 bits per heavy atom. The molecule has 2 bridgehead atoms. The molecular weight excluding hydrogens is 276 g/mol. The summed E-state index contributed by atoms with van der Waals surface area (Å²) < 4.78 is 23.3. The maximum absolute atomic E-state index is 12.0. The van der Waals surface area contributed by atoms with Crippen molar-refractivity contribution in [2.75, 3.05) is 13.1 Å². The molecule has 0 radical (unpaired) electrons. The van der Waals surface area contributed by atoms with Crippen LogP contribution in [-0.2, 0) is 27.6 Å². The van der Waals surface area contributed by atoms with Crippen LogP contribution in [-0.4, -0.2) is 42.8 Å². The zero-order chi connectivity index (χ0) is 14.3. The summed E-state index contributed by atoms with van der Waals surface area (Å²) in [5, 5.41) is -1.09. The summed E-state index contributed by atoms with van der Waals surface area (Å²) in [6.07, 6.45) is 1.26. The van der Waals surface area contributed by atoms with Crippen LogP contribution in [0.15, 0.2) is 24.3 Å². The molecule has 2 atom stereocenters. The lowest BCUT2D eigenvalue weighted by Gasteiger charge is -2.45. The van der Waals surface area contributed by atoms with Gasteiger partial charge in [-0.3, -0.25) is 4.79 Å². The highest BCUT2D eigenvalue weighted by atomic mass is 32.2. The lowest BCUT2D eigenvalue weighted by atomic mass is 10.1. The third kappa shape index (κ3) is 2.13. The minimum atomic E-state index is -3.14. The van der Waals surface area contributed by atoms with E-state index in [9.17, 15) is 13.2 Å². The molecule has 1 amide bonds. The maximum Gasteiger partial charge on any atom is 0.241 e. The average molecular weight is 294 g/mol. The van der Waals surface area contributed by atoms with Crippen molar-refractivity contribution in [2.24, 2.45) is 5.73 Å². The van der Waals surface area contributed by atoms with Crippen molar-refractivity contribution in [1.29, 1.82) is 0 Å². The first-order valence-electron chi connectivity index (χ1n) is 6.82. The quantitative estimate of drug-likeness (QED) is 0.853. The molecule has 0 aliphatic carbocycles. The molecule has 3 aliphatic rings. The topological polar surface area (TPSA) is 80.5 Å². The van der Waals surface area contributed by atoms with Gasteiger partial charge >= 0.3 is 0 Å². The summed E-state index contributed by atoms with van der Waals surface area (Å²) >= 11 is 0. The first-order valence-corrected chi connectivity index (χ1v) is 8.42. The van der Waals surface area contributed by atoms with Crippen LogP contribution in [0.1, 0.15) is 17.5 Å². The van der Waals surface area contributed by atoms with E-state index in [4.69, 9.17) is 5.73 Å². The Morgan fingerprint density at radius 2 is 1.85 bits per heavy atom. The Morgan fingerprint density at radius 3 is 2.40 bits per heavy atom. The number of carbonyl (C=O) groups excluding carboxylic acids is 1. The number of amides is 1. The van der Waals surface area contributed by atoms with Gasteiger partial charge in [-0.2, -0.15) is 0 Å². The van der Waals surface area contributed by atoms with Crippen LogP contribution in [0.25, 0.3) is 0 Å². The van der Waals surface area contributed by atoms with Crippen molar-refractivity contribution in [1.82, 2.24) is 4.90 Å². The number of benzene rings is 1. The lowest BCUT2D eigenvalue weighted by molar-refractivity contribution is -0.133. The molecule has 5 nitrogen and oxygen atoms in total. The molecule has 6 heteroatoms. The molecule has 1 aromatic rings. The number of nitrogens with zero attached hydrogens (tertiary/aromatic N) is 1. The minimum Gasteiger partial charge on any atom is -0.340 e. The number of fused-ring (bicyclic) bond motifs is 2. The standard InChI is InChI=1S/C14H18N2O3S/c15-8-11-3-1-10(2-4-11)5-6-16-9-12-7-13(14(16)17)20(12,18)19/h1-4,12-13H,5-9,15H2. The SMILES string of the molecule is NCc1ccc(CCN2CC3CC(C2=O)S3(=O)=O)cc1. The van der Waals surface area contributed by atoms with E-state index in [1.165, 1.54) is 0 Å². The minimum absolute atomic E-state index is 0.217. The first-order chi connectivity index (χ1) is 9.52. The predicted molar refractivity (Wildman–Crippen MR) is 75.7 cm³/mol. The third-order valence-electron chi connectivity index (χ3n) is 4.28. The van der Waals surface area contributed by atoms with Crippen molar-refractivity contribution in [2.45, 2.75) is 29.9 Å². The van der Waals surface area contributed by atoms with Gasteiger partial charge in [0.15, 0.2) is 9.84 Å². The number of hydrogen-bond donors (Lipinski definition) is 1. The Hall–Kier alpha value is -1.40. The third-order valence-corrected chi connectivity index (χ3v) is 6.74. The number of rotatable bonds is 4. The van der Waals surface area contributed by atoms with Gasteiger partial charge in [-0.05, 0) is 24.0 Å². The van der Waals surface area contributed by atoms with Crippen molar-refractivity contribution in [3.8, 4) is 0 Å². The van der Waals surface area contributed by atoms with E-state index in [0.717, 1.165) is 17.5 Å². The summed E-state index contributed by atoms with van der Waals surface area (Å²) in [4.78, 5) is 13.7. The summed E-state index contributed by atoms with van der Waals surface area (Å²) in [5.41, 5.74) is 7.76. The number of nitrogens with two attached hydrogens (primary N) is 1. The Bertz CT molecular complexity index is 624. The van der Waals surface area contributed by atoms with Gasteiger partial charge in [0.05, 0.1) is 5.25 Å². The molecule has 2 unspecified atom stereocenters. The molecule has 3 heterocycles. The van der Waals surface area contributed by atoms with E-state index in [2.05, 4.69) is 0 Å². The van der Waals surface area contributed by atoms with Gasteiger partial charge in [-0.15, -0.1) is 0 Å². The van der Waals surface area contributed by atoms with Gasteiger partial charge in [-0.25, -0.2) is 8.42 Å². The van der Waals surface area contributed by atoms with Gasteiger partial charge < -0.3 is 10.6 Å². The molecular formula is C14H18N2O3S. The van der Waals surface area contributed by atoms with Gasteiger partial charge in [0.2, 0.25) is 5.91 Å². The summed E-state index contributed by atoms with van der Waals surface area (Å²) in [6, 6.07) is 7.98. The van der Waals surface area contributed by atoms with Crippen molar-refractivity contribution >= 4 is 15.7 Å². The van der Waals surface area contributed by atoms with Crippen LogP contribution in [0.4, 0.5) is 0 Å². The molecule has 3 aliphatic heterocycles. The second kappa shape index (κ2) is 4.86. The van der Waals surface area contributed by atoms with Gasteiger partial charge in [0.25, 0.3) is 0 Å². The second-order valence-corrected chi connectivity index (χ2v) is 7.90. The van der Waals surface area contributed by atoms with Crippen LogP contribution in [0.2, 0.25) is 0 Å². The van der Waals surface area contributed by atoms with Crippen LogP contribution < -0.4 is 5.73 Å². The molecule has 0 aromatic heterocycles. The number of carbonyl (C=O) groups is 1. The van der Waals surface area contributed by atoms with Crippen LogP contribution in [0.5, 0.6) is 0 Å². The van der Waals surface area contributed by atoms with E-state index in [-0.39, 0.29) is 11.2 Å². The number of hydrogen-bond acceptors (Lipinski definition) is 4. The van der Waals surface area contributed by atoms with Crippen molar-refractivity contribution < 1.29 is 13.2 Å². The predicted octanol–water partition coefficient (Wildman–Crippen LogP) is 0.0857. The van der Waals surface area contributed by atoms with Crippen LogP contribution in [0.3, 0.4) is 0 Å². The summed E-state index contributed by atoms with van der Waals surface area (Å²) in [5.74, 6) is -0.217. The van der Waals surface area contributed by atoms with Gasteiger partial charge in [0, 0.05) is 19.6 Å². The normalized spacial score (nSPS) is 27.2. The fourth-order valence-electron chi connectivity index (χ4n) is 2.88. The van der Waals surface area contributed by atoms with Gasteiger partial charge in [-0.1, -0.05) is 24.3 Å². The van der Waals surface area contributed by atoms with Crippen molar-refractivity contribution in [3.05, 3.63) is 35.4 Å². The Labute approximate surface area is 118 Å². The second-order valence-electron chi connectivity index (χ2n) is 5.49. The molecule has 108 valence electrons. The molecule has 0 saturated carbocycles. The van der Waals surface area contributed by atoms with E-state index in [1.54, 1.807) is 4.90 Å². The summed E-state index contributed by atoms with van der Waals surface area (Å²) in [7, 11) is -3.14. The first kappa shape index (κ1) is 13.6. The number of sulfone groups is 1. The lowest BCUT2D eigenvalue weighted by Crippen LogP contribution is -2.65. The Kier molecular flexibility index (Phi) is 3.30. The van der Waals surface area contributed by atoms with Crippen LogP contribution in [0, 0.1) is 0 Å². The highest BCUT2D eigenvalue weighted by Gasteiger charge is 2.56. The fourth-order valence-corrected chi connectivity index (χ4v) is 4.77. The van der Waals surface area contributed by atoms with E-state index in [0.29, 0.717) is 26.1 Å². The number of piperidine rings is 1. The monoisotopic (exact) mass is 294 g/mol.